The Morgan fingerprint density at radius 1 is 0.879 bits per heavy atom. The van der Waals surface area contributed by atoms with Crippen molar-refractivity contribution < 1.29 is 5.11 Å². The van der Waals surface area contributed by atoms with Crippen LogP contribution < -0.4 is 11.1 Å². The van der Waals surface area contributed by atoms with Gasteiger partial charge in [-0.05, 0) is 101 Å². The number of aliphatic hydroxyl groups excluding tert-OH is 1. The number of hydrogen-bond acceptors (Lipinski definition) is 7. The van der Waals surface area contributed by atoms with Crippen LogP contribution in [0, 0.1) is 35.5 Å². The van der Waals surface area contributed by atoms with Crippen molar-refractivity contribution in [3.63, 3.8) is 0 Å². The van der Waals surface area contributed by atoms with Crippen LogP contribution in [-0.4, -0.2) is 90.9 Å². The molecule has 0 radical (unpaired) electrons. The molecule has 2 heterocycles. The summed E-state index contributed by atoms with van der Waals surface area (Å²) in [6.45, 7) is 7.00. The average Bonchev–Trinajstić information content (AvgIpc) is 3.06. The van der Waals surface area contributed by atoms with Gasteiger partial charge in [-0.25, -0.2) is 10.0 Å². The van der Waals surface area contributed by atoms with E-state index in [1.807, 2.05) is 0 Å². The van der Waals surface area contributed by atoms with Crippen molar-refractivity contribution in [1.29, 1.82) is 0 Å². The topological polar surface area (TPSA) is 71.2 Å². The maximum absolute atomic E-state index is 11.4. The number of hydrogen-bond donors (Lipinski definition) is 3. The van der Waals surface area contributed by atoms with Gasteiger partial charge in [0.15, 0.2) is 0 Å². The molecule has 2 saturated carbocycles. The fourth-order valence-electron chi connectivity index (χ4n) is 7.76. The summed E-state index contributed by atoms with van der Waals surface area (Å²) in [5.41, 5.74) is 6.24. The van der Waals surface area contributed by atoms with E-state index in [9.17, 15) is 5.11 Å². The normalized spacial score (nSPS) is 43.9. The molecule has 4 aliphatic rings. The van der Waals surface area contributed by atoms with Gasteiger partial charge in [0.2, 0.25) is 0 Å². The van der Waals surface area contributed by atoms with Crippen LogP contribution >= 0.6 is 0 Å². The van der Waals surface area contributed by atoms with Crippen molar-refractivity contribution in [3.8, 4) is 0 Å². The summed E-state index contributed by atoms with van der Waals surface area (Å²) in [7, 11) is 8.66. The van der Waals surface area contributed by atoms with Crippen LogP contribution in [0.2, 0.25) is 0 Å². The van der Waals surface area contributed by atoms with Gasteiger partial charge < -0.3 is 15.7 Å². The fourth-order valence-corrected chi connectivity index (χ4v) is 7.76. The zero-order valence-electron chi connectivity index (χ0n) is 22.2. The first-order valence-electron chi connectivity index (χ1n) is 13.7. The zero-order chi connectivity index (χ0) is 23.9. The molecular formula is C26H52N6O. The van der Waals surface area contributed by atoms with Crippen molar-refractivity contribution in [2.75, 3.05) is 41.3 Å². The van der Waals surface area contributed by atoms with E-state index < -0.39 is 0 Å². The van der Waals surface area contributed by atoms with Crippen LogP contribution in [0.3, 0.4) is 0 Å². The molecule has 4 N–H and O–H groups in total. The van der Waals surface area contributed by atoms with Gasteiger partial charge in [-0.15, -0.1) is 0 Å². The first-order chi connectivity index (χ1) is 15.7. The van der Waals surface area contributed by atoms with Gasteiger partial charge in [-0.2, -0.15) is 0 Å². The molecule has 0 bridgehead atoms. The molecule has 7 nitrogen and oxygen atoms in total. The van der Waals surface area contributed by atoms with Crippen molar-refractivity contribution in [1.82, 2.24) is 25.1 Å². The lowest BCUT2D eigenvalue weighted by atomic mass is 9.68. The van der Waals surface area contributed by atoms with E-state index in [1.165, 1.54) is 38.5 Å². The van der Waals surface area contributed by atoms with Gasteiger partial charge in [-0.3, -0.25) is 10.2 Å². The largest absolute Gasteiger partial charge is 0.378 e. The number of likely N-dealkylation sites (tertiary alicyclic amines) is 1. The van der Waals surface area contributed by atoms with E-state index in [-0.39, 0.29) is 18.7 Å². The summed E-state index contributed by atoms with van der Waals surface area (Å²) in [6, 6.07) is 0.766. The van der Waals surface area contributed by atoms with Crippen LogP contribution in [0.15, 0.2) is 0 Å². The maximum Gasteiger partial charge on any atom is 0.125 e. The molecule has 9 unspecified atom stereocenters. The third-order valence-corrected chi connectivity index (χ3v) is 10.3. The molecule has 0 spiro atoms. The predicted molar refractivity (Wildman–Crippen MR) is 135 cm³/mol. The Morgan fingerprint density at radius 3 is 2.15 bits per heavy atom. The Balaban J connectivity index is 1.29. The molecule has 2 aliphatic carbocycles. The molecule has 33 heavy (non-hydrogen) atoms. The Labute approximate surface area is 203 Å². The van der Waals surface area contributed by atoms with Gasteiger partial charge >= 0.3 is 0 Å². The highest BCUT2D eigenvalue weighted by atomic mass is 16.3. The Bertz CT molecular complexity index is 626. The van der Waals surface area contributed by atoms with Gasteiger partial charge in [0.1, 0.15) is 12.5 Å². The lowest BCUT2D eigenvalue weighted by Crippen LogP contribution is -2.51. The van der Waals surface area contributed by atoms with Crippen molar-refractivity contribution >= 4 is 0 Å². The summed E-state index contributed by atoms with van der Waals surface area (Å²) in [4.78, 5) is 4.84. The number of piperidine rings is 1. The van der Waals surface area contributed by atoms with Crippen LogP contribution in [0.25, 0.3) is 0 Å². The predicted octanol–water partition coefficient (Wildman–Crippen LogP) is 2.39. The number of aliphatic hydroxyl groups is 1. The third kappa shape index (κ3) is 5.45. The molecule has 0 aromatic heterocycles. The average molecular weight is 465 g/mol. The second kappa shape index (κ2) is 10.8. The minimum absolute atomic E-state index is 0.119. The number of rotatable bonds is 5. The van der Waals surface area contributed by atoms with E-state index in [2.05, 4.69) is 67.2 Å². The molecule has 0 amide bonds. The molecule has 7 heteroatoms. The van der Waals surface area contributed by atoms with Crippen LogP contribution in [0.1, 0.15) is 65.2 Å². The molecule has 0 aromatic rings. The van der Waals surface area contributed by atoms with Gasteiger partial charge in [0.05, 0.1) is 6.17 Å². The fraction of sp³-hybridized carbons (Fsp3) is 1.00. The quantitative estimate of drug-likeness (QED) is 0.577. The molecule has 0 aromatic carbocycles. The molecule has 4 fully saturated rings. The smallest absolute Gasteiger partial charge is 0.125 e. The number of nitrogens with one attached hydrogen (secondary N) is 1. The summed E-state index contributed by atoms with van der Waals surface area (Å²) in [5.74, 6) is 4.09. The highest BCUT2D eigenvalue weighted by Crippen LogP contribution is 2.43. The van der Waals surface area contributed by atoms with E-state index in [0.717, 1.165) is 49.7 Å². The first-order valence-corrected chi connectivity index (χ1v) is 13.7. The van der Waals surface area contributed by atoms with Gasteiger partial charge in [-0.1, -0.05) is 13.8 Å². The Morgan fingerprint density at radius 2 is 1.58 bits per heavy atom. The van der Waals surface area contributed by atoms with E-state index in [1.54, 1.807) is 0 Å². The second-order valence-corrected chi connectivity index (χ2v) is 12.3. The van der Waals surface area contributed by atoms with Gasteiger partial charge in [0, 0.05) is 33.2 Å². The number of nitrogens with two attached hydrogens (primary N) is 1. The van der Waals surface area contributed by atoms with Crippen molar-refractivity contribution in [2.24, 2.45) is 41.2 Å². The summed E-state index contributed by atoms with van der Waals surface area (Å²) in [6.07, 6.45) is 9.89. The summed E-state index contributed by atoms with van der Waals surface area (Å²) >= 11 is 0. The summed E-state index contributed by atoms with van der Waals surface area (Å²) in [5, 5.41) is 19.3. The van der Waals surface area contributed by atoms with E-state index >= 15 is 0 Å². The standard InChI is InChI=1S/C26H52N6O/c1-17-7-8-20(16-23(17)24-28-26(27)31(6)30(24)5)25(33)32-13-11-19(12-14-32)22-10-9-21(29(3)4)15-18(22)2/h17-26,28,33H,7-16,27H2,1-6H3. The molecule has 4 rings (SSSR count). The number of nitrogens with zero attached hydrogens (tertiary/aromatic N) is 4. The highest BCUT2D eigenvalue weighted by molar-refractivity contribution is 4.92. The Hall–Kier alpha value is -0.280. The lowest BCUT2D eigenvalue weighted by molar-refractivity contribution is -0.0906. The number of hydrazine groups is 1. The molecule has 2 saturated heterocycles. The Kier molecular flexibility index (Phi) is 8.42. The highest BCUT2D eigenvalue weighted by Gasteiger charge is 2.44. The van der Waals surface area contributed by atoms with Crippen LogP contribution in [0.4, 0.5) is 0 Å². The maximum atomic E-state index is 11.4. The SMILES string of the molecule is CC1CC(N(C)C)CCC1C1CCN(C(O)C2CCC(C)C(C3NC(N)N(C)N3C)C2)CC1. The van der Waals surface area contributed by atoms with Gasteiger partial charge in [0.25, 0.3) is 0 Å². The monoisotopic (exact) mass is 464 g/mol. The molecule has 2 aliphatic heterocycles. The van der Waals surface area contributed by atoms with E-state index in [4.69, 9.17) is 5.73 Å². The van der Waals surface area contributed by atoms with Crippen molar-refractivity contribution in [2.45, 2.75) is 89.9 Å². The minimum atomic E-state index is -0.291. The summed E-state index contributed by atoms with van der Waals surface area (Å²) < 4.78 is 0. The second-order valence-electron chi connectivity index (χ2n) is 12.3. The first kappa shape index (κ1) is 25.8. The molecule has 192 valence electrons. The molecular weight excluding hydrogens is 412 g/mol. The molecule has 9 atom stereocenters. The van der Waals surface area contributed by atoms with E-state index in [0.29, 0.717) is 17.8 Å². The van der Waals surface area contributed by atoms with Crippen LogP contribution in [0.5, 0.6) is 0 Å². The third-order valence-electron chi connectivity index (χ3n) is 10.3. The lowest BCUT2D eigenvalue weighted by Gasteiger charge is -2.47. The van der Waals surface area contributed by atoms with Crippen LogP contribution in [-0.2, 0) is 0 Å². The van der Waals surface area contributed by atoms with Crippen molar-refractivity contribution in [3.05, 3.63) is 0 Å². The minimum Gasteiger partial charge on any atom is -0.378 e. The zero-order valence-corrected chi connectivity index (χ0v) is 22.2.